The van der Waals surface area contributed by atoms with Gasteiger partial charge in [-0.15, -0.1) is 0 Å². The van der Waals surface area contributed by atoms with Crippen molar-refractivity contribution in [3.8, 4) is 0 Å². The first kappa shape index (κ1) is 10.0. The quantitative estimate of drug-likeness (QED) is 0.708. The van der Waals surface area contributed by atoms with Gasteiger partial charge in [-0.3, -0.25) is 4.79 Å². The van der Waals surface area contributed by atoms with Gasteiger partial charge in [-0.1, -0.05) is 17.7 Å². The van der Waals surface area contributed by atoms with Gasteiger partial charge in [0.05, 0.1) is 10.6 Å². The lowest BCUT2D eigenvalue weighted by atomic mass is 10.1. The molecule has 1 aromatic carbocycles. The molecule has 0 bridgehead atoms. The highest BCUT2D eigenvalue weighted by Crippen LogP contribution is 2.29. The lowest BCUT2D eigenvalue weighted by Crippen LogP contribution is -1.93. The van der Waals surface area contributed by atoms with E-state index in [1.165, 1.54) is 0 Å². The highest BCUT2D eigenvalue weighted by atomic mass is 79.9. The maximum absolute atomic E-state index is 10.9. The number of hydrogen-bond acceptors (Lipinski definition) is 1. The minimum absolute atomic E-state index is 0.332. The Bertz CT molecular complexity index is 336. The van der Waals surface area contributed by atoms with E-state index in [0.29, 0.717) is 15.1 Å². The first-order chi connectivity index (χ1) is 5.54. The molecule has 0 atom stereocenters. The molecule has 0 aliphatic carbocycles. The normalized spacial score (nSPS) is 10.0. The maximum atomic E-state index is 10.9. The number of carbonyl (C=O) groups is 1. The SMILES string of the molecule is Cc1ccc(Cl)c(C(=O)Cl)c1Br. The van der Waals surface area contributed by atoms with Gasteiger partial charge in [0.15, 0.2) is 0 Å². The summed E-state index contributed by atoms with van der Waals surface area (Å²) in [6.45, 7) is 1.86. The molecule has 1 nitrogen and oxygen atoms in total. The van der Waals surface area contributed by atoms with E-state index >= 15 is 0 Å². The van der Waals surface area contributed by atoms with Crippen LogP contribution in [0.5, 0.6) is 0 Å². The van der Waals surface area contributed by atoms with Gasteiger partial charge < -0.3 is 0 Å². The Kier molecular flexibility index (Phi) is 3.16. The second-order valence-corrected chi connectivity index (χ2v) is 3.87. The predicted molar refractivity (Wildman–Crippen MR) is 54.1 cm³/mol. The first-order valence-corrected chi connectivity index (χ1v) is 4.73. The molecule has 0 heterocycles. The van der Waals surface area contributed by atoms with Crippen molar-refractivity contribution in [1.29, 1.82) is 0 Å². The first-order valence-electron chi connectivity index (χ1n) is 3.18. The van der Waals surface area contributed by atoms with E-state index in [4.69, 9.17) is 23.2 Å². The summed E-state index contributed by atoms with van der Waals surface area (Å²) >= 11 is 14.3. The fraction of sp³-hybridized carbons (Fsp3) is 0.125. The van der Waals surface area contributed by atoms with Gasteiger partial charge >= 0.3 is 0 Å². The van der Waals surface area contributed by atoms with Gasteiger partial charge in [0.1, 0.15) is 0 Å². The molecule has 1 rings (SSSR count). The average Bonchev–Trinajstić information content (AvgIpc) is 1.97. The lowest BCUT2D eigenvalue weighted by molar-refractivity contribution is 0.108. The topological polar surface area (TPSA) is 17.1 Å². The van der Waals surface area contributed by atoms with Crippen LogP contribution in [0.3, 0.4) is 0 Å². The van der Waals surface area contributed by atoms with Crippen molar-refractivity contribution in [3.63, 3.8) is 0 Å². The largest absolute Gasteiger partial charge is 0.276 e. The Morgan fingerprint density at radius 1 is 1.50 bits per heavy atom. The van der Waals surface area contributed by atoms with Crippen molar-refractivity contribution in [3.05, 3.63) is 32.8 Å². The van der Waals surface area contributed by atoms with Crippen molar-refractivity contribution < 1.29 is 4.79 Å². The average molecular weight is 268 g/mol. The predicted octanol–water partition coefficient (Wildman–Crippen LogP) is 3.79. The Labute approximate surface area is 88.8 Å². The van der Waals surface area contributed by atoms with Crippen LogP contribution in [0.4, 0.5) is 0 Å². The third-order valence-corrected chi connectivity index (χ3v) is 3.01. The van der Waals surface area contributed by atoms with Crippen LogP contribution in [0.1, 0.15) is 15.9 Å². The van der Waals surface area contributed by atoms with Crippen molar-refractivity contribution in [2.75, 3.05) is 0 Å². The standard InChI is InChI=1S/C8H5BrCl2O/c1-4-2-3-5(10)6(7(4)9)8(11)12/h2-3H,1H3. The van der Waals surface area contributed by atoms with Crippen LogP contribution < -0.4 is 0 Å². The molecule has 0 aliphatic heterocycles. The molecule has 0 spiro atoms. The highest BCUT2D eigenvalue weighted by molar-refractivity contribution is 9.10. The minimum atomic E-state index is -0.546. The Morgan fingerprint density at radius 2 is 2.08 bits per heavy atom. The van der Waals surface area contributed by atoms with Gasteiger partial charge in [-0.05, 0) is 46.1 Å². The fourth-order valence-electron chi connectivity index (χ4n) is 0.837. The Balaban J connectivity index is 3.43. The summed E-state index contributed by atoms with van der Waals surface area (Å²) in [6, 6.07) is 3.47. The second-order valence-electron chi connectivity index (χ2n) is 2.33. The third kappa shape index (κ3) is 1.82. The van der Waals surface area contributed by atoms with Crippen molar-refractivity contribution in [1.82, 2.24) is 0 Å². The summed E-state index contributed by atoms with van der Waals surface area (Å²) in [7, 11) is 0. The molecule has 0 fully saturated rings. The van der Waals surface area contributed by atoms with Crippen molar-refractivity contribution in [2.45, 2.75) is 6.92 Å². The number of carbonyl (C=O) groups excluding carboxylic acids is 1. The summed E-state index contributed by atoms with van der Waals surface area (Å²) in [5.41, 5.74) is 1.27. The molecular weight excluding hydrogens is 263 g/mol. The van der Waals surface area contributed by atoms with E-state index in [-0.39, 0.29) is 0 Å². The summed E-state index contributed by atoms with van der Waals surface area (Å²) in [6.07, 6.45) is 0. The fourth-order valence-corrected chi connectivity index (χ4v) is 2.08. The van der Waals surface area contributed by atoms with Crippen LogP contribution in [0, 0.1) is 6.92 Å². The van der Waals surface area contributed by atoms with Crippen LogP contribution in [-0.2, 0) is 0 Å². The summed E-state index contributed by atoms with van der Waals surface area (Å²) in [5, 5.41) is -0.178. The monoisotopic (exact) mass is 266 g/mol. The molecule has 0 N–H and O–H groups in total. The third-order valence-electron chi connectivity index (χ3n) is 1.48. The minimum Gasteiger partial charge on any atom is -0.276 e. The molecule has 1 aromatic rings. The molecule has 0 aromatic heterocycles. The molecule has 0 saturated heterocycles. The number of benzene rings is 1. The van der Waals surface area contributed by atoms with Crippen molar-refractivity contribution in [2.24, 2.45) is 0 Å². The van der Waals surface area contributed by atoms with Crippen LogP contribution in [-0.4, -0.2) is 5.24 Å². The maximum Gasteiger partial charge on any atom is 0.255 e. The zero-order chi connectivity index (χ0) is 9.30. The molecule has 0 amide bonds. The molecule has 4 heteroatoms. The molecular formula is C8H5BrCl2O. The highest BCUT2D eigenvalue weighted by Gasteiger charge is 2.13. The van der Waals surface area contributed by atoms with E-state index < -0.39 is 5.24 Å². The van der Waals surface area contributed by atoms with Crippen LogP contribution >= 0.6 is 39.1 Å². The van der Waals surface area contributed by atoms with Gasteiger partial charge in [0.25, 0.3) is 5.24 Å². The zero-order valence-corrected chi connectivity index (χ0v) is 9.29. The zero-order valence-electron chi connectivity index (χ0n) is 6.20. The van der Waals surface area contributed by atoms with Gasteiger partial charge in [0.2, 0.25) is 0 Å². The van der Waals surface area contributed by atoms with E-state index in [2.05, 4.69) is 15.9 Å². The van der Waals surface area contributed by atoms with Crippen LogP contribution in [0.15, 0.2) is 16.6 Å². The Morgan fingerprint density at radius 3 is 2.50 bits per heavy atom. The van der Waals surface area contributed by atoms with Gasteiger partial charge in [0, 0.05) is 4.47 Å². The summed E-state index contributed by atoms with van der Waals surface area (Å²) in [5.74, 6) is 0. The smallest absolute Gasteiger partial charge is 0.255 e. The summed E-state index contributed by atoms with van der Waals surface area (Å²) < 4.78 is 0.662. The lowest BCUT2D eigenvalue weighted by Gasteiger charge is -2.04. The van der Waals surface area contributed by atoms with E-state index in [9.17, 15) is 4.79 Å². The molecule has 64 valence electrons. The number of aryl methyl sites for hydroxylation is 1. The Hall–Kier alpha value is -0.0500. The van der Waals surface area contributed by atoms with E-state index in [1.807, 2.05) is 13.0 Å². The van der Waals surface area contributed by atoms with Gasteiger partial charge in [-0.25, -0.2) is 0 Å². The molecule has 0 radical (unpaired) electrons. The van der Waals surface area contributed by atoms with E-state index in [1.54, 1.807) is 6.07 Å². The molecule has 0 aliphatic rings. The number of hydrogen-bond donors (Lipinski definition) is 0. The van der Waals surface area contributed by atoms with Crippen molar-refractivity contribution >= 4 is 44.4 Å². The second kappa shape index (κ2) is 3.77. The van der Waals surface area contributed by atoms with E-state index in [0.717, 1.165) is 5.56 Å². The number of rotatable bonds is 1. The molecule has 0 saturated carbocycles. The van der Waals surface area contributed by atoms with Crippen LogP contribution in [0.25, 0.3) is 0 Å². The van der Waals surface area contributed by atoms with Gasteiger partial charge in [-0.2, -0.15) is 0 Å². The number of halogens is 3. The molecule has 0 unspecified atom stereocenters. The van der Waals surface area contributed by atoms with Crippen LogP contribution in [0.2, 0.25) is 5.02 Å². The molecule has 12 heavy (non-hydrogen) atoms. The summed E-state index contributed by atoms with van der Waals surface area (Å²) in [4.78, 5) is 10.9.